The minimum absolute atomic E-state index is 0.0823. The molecular formula is C16H26N2O4. The molecule has 0 N–H and O–H groups in total. The van der Waals surface area contributed by atoms with Crippen molar-refractivity contribution in [2.75, 3.05) is 6.61 Å². The summed E-state index contributed by atoms with van der Waals surface area (Å²) in [6.45, 7) is 6.86. The summed E-state index contributed by atoms with van der Waals surface area (Å²) in [6, 6.07) is 1.43. The van der Waals surface area contributed by atoms with Crippen LogP contribution in [0.3, 0.4) is 0 Å². The number of carbonyl (C=O) groups excluding carboxylic acids is 1. The SMILES string of the molecule is CCn1c(=O)ccn(CCCCCCOC(=O)C(C)C)c1=O. The van der Waals surface area contributed by atoms with Gasteiger partial charge in [0.25, 0.3) is 5.56 Å². The number of unbranched alkanes of at least 4 members (excludes halogenated alkanes) is 3. The lowest BCUT2D eigenvalue weighted by Crippen LogP contribution is -2.38. The van der Waals surface area contributed by atoms with Crippen LogP contribution < -0.4 is 11.2 Å². The van der Waals surface area contributed by atoms with E-state index in [1.165, 1.54) is 10.6 Å². The first-order chi connectivity index (χ1) is 10.5. The van der Waals surface area contributed by atoms with Gasteiger partial charge < -0.3 is 9.30 Å². The normalized spacial score (nSPS) is 10.9. The molecule has 0 fully saturated rings. The Labute approximate surface area is 130 Å². The Balaban J connectivity index is 2.27. The van der Waals surface area contributed by atoms with Crippen molar-refractivity contribution in [1.82, 2.24) is 9.13 Å². The topological polar surface area (TPSA) is 70.3 Å². The third-order valence-corrected chi connectivity index (χ3v) is 3.46. The number of aromatic nitrogens is 2. The van der Waals surface area contributed by atoms with Crippen LogP contribution in [0.2, 0.25) is 0 Å². The maximum atomic E-state index is 12.0. The van der Waals surface area contributed by atoms with Crippen molar-refractivity contribution in [2.24, 2.45) is 5.92 Å². The number of hydrogen-bond donors (Lipinski definition) is 0. The fourth-order valence-electron chi connectivity index (χ4n) is 2.10. The second-order valence-electron chi connectivity index (χ2n) is 5.61. The van der Waals surface area contributed by atoms with Crippen molar-refractivity contribution in [3.8, 4) is 0 Å². The first-order valence-corrected chi connectivity index (χ1v) is 7.94. The molecule has 0 atom stereocenters. The molecule has 0 aromatic carbocycles. The second-order valence-corrected chi connectivity index (χ2v) is 5.61. The van der Waals surface area contributed by atoms with Gasteiger partial charge in [0.15, 0.2) is 0 Å². The predicted octanol–water partition coefficient (Wildman–Crippen LogP) is 1.79. The quantitative estimate of drug-likeness (QED) is 0.515. The summed E-state index contributed by atoms with van der Waals surface area (Å²) >= 11 is 0. The highest BCUT2D eigenvalue weighted by molar-refractivity contribution is 5.71. The summed E-state index contributed by atoms with van der Waals surface area (Å²) in [4.78, 5) is 34.7. The van der Waals surface area contributed by atoms with E-state index in [1.54, 1.807) is 17.7 Å². The molecular weight excluding hydrogens is 284 g/mol. The molecule has 124 valence electrons. The zero-order valence-electron chi connectivity index (χ0n) is 13.7. The zero-order chi connectivity index (χ0) is 16.5. The van der Waals surface area contributed by atoms with Crippen LogP contribution in [-0.4, -0.2) is 21.7 Å². The molecule has 0 amide bonds. The Morgan fingerprint density at radius 1 is 1.18 bits per heavy atom. The lowest BCUT2D eigenvalue weighted by atomic mass is 10.2. The van der Waals surface area contributed by atoms with E-state index in [9.17, 15) is 14.4 Å². The monoisotopic (exact) mass is 310 g/mol. The van der Waals surface area contributed by atoms with E-state index in [1.807, 2.05) is 13.8 Å². The Kier molecular flexibility index (Phi) is 7.63. The van der Waals surface area contributed by atoms with Crippen molar-refractivity contribution < 1.29 is 9.53 Å². The first kappa shape index (κ1) is 18.2. The molecule has 0 saturated carbocycles. The van der Waals surface area contributed by atoms with Gasteiger partial charge in [0.05, 0.1) is 12.5 Å². The summed E-state index contributed by atoms with van der Waals surface area (Å²) in [6.07, 6.45) is 5.16. The zero-order valence-corrected chi connectivity index (χ0v) is 13.7. The van der Waals surface area contributed by atoms with Gasteiger partial charge in [0.1, 0.15) is 0 Å². The number of hydrogen-bond acceptors (Lipinski definition) is 4. The van der Waals surface area contributed by atoms with Crippen LogP contribution in [0.25, 0.3) is 0 Å². The second kappa shape index (κ2) is 9.23. The summed E-state index contributed by atoms with van der Waals surface area (Å²) in [5.74, 6) is -0.241. The number of esters is 1. The number of ether oxygens (including phenoxy) is 1. The minimum Gasteiger partial charge on any atom is -0.465 e. The maximum Gasteiger partial charge on any atom is 0.330 e. The number of aryl methyl sites for hydroxylation is 1. The predicted molar refractivity (Wildman–Crippen MR) is 84.9 cm³/mol. The highest BCUT2D eigenvalue weighted by Crippen LogP contribution is 2.03. The molecule has 0 spiro atoms. The van der Waals surface area contributed by atoms with Crippen LogP contribution in [0.1, 0.15) is 46.5 Å². The molecule has 0 radical (unpaired) electrons. The molecule has 1 aromatic heterocycles. The molecule has 0 aliphatic rings. The Morgan fingerprint density at radius 3 is 2.50 bits per heavy atom. The Bertz CT molecular complexity index is 587. The van der Waals surface area contributed by atoms with Crippen molar-refractivity contribution in [1.29, 1.82) is 0 Å². The molecule has 1 heterocycles. The standard InChI is InChI=1S/C16H26N2O4/c1-4-18-14(19)9-11-17(16(18)21)10-7-5-6-8-12-22-15(20)13(2)3/h9,11,13H,4-8,10,12H2,1-3H3. The van der Waals surface area contributed by atoms with Gasteiger partial charge in [0, 0.05) is 25.4 Å². The molecule has 6 nitrogen and oxygen atoms in total. The van der Waals surface area contributed by atoms with Crippen molar-refractivity contribution >= 4 is 5.97 Å². The van der Waals surface area contributed by atoms with Crippen LogP contribution in [0, 0.1) is 5.92 Å². The highest BCUT2D eigenvalue weighted by atomic mass is 16.5. The van der Waals surface area contributed by atoms with Crippen LogP contribution in [0.5, 0.6) is 0 Å². The van der Waals surface area contributed by atoms with Gasteiger partial charge in [-0.05, 0) is 26.2 Å². The van der Waals surface area contributed by atoms with Gasteiger partial charge in [-0.1, -0.05) is 20.3 Å². The summed E-state index contributed by atoms with van der Waals surface area (Å²) in [7, 11) is 0. The molecule has 1 aromatic rings. The van der Waals surface area contributed by atoms with Crippen molar-refractivity contribution in [3.63, 3.8) is 0 Å². The van der Waals surface area contributed by atoms with Crippen molar-refractivity contribution in [2.45, 2.75) is 59.5 Å². The fraction of sp³-hybridized carbons (Fsp3) is 0.688. The first-order valence-electron chi connectivity index (χ1n) is 7.94. The van der Waals surface area contributed by atoms with Crippen molar-refractivity contribution in [3.05, 3.63) is 33.1 Å². The van der Waals surface area contributed by atoms with Gasteiger partial charge in [-0.25, -0.2) is 4.79 Å². The van der Waals surface area contributed by atoms with Gasteiger partial charge >= 0.3 is 11.7 Å². The minimum atomic E-state index is -0.254. The van der Waals surface area contributed by atoms with Gasteiger partial charge in [-0.3, -0.25) is 14.2 Å². The molecule has 1 rings (SSSR count). The van der Waals surface area contributed by atoms with E-state index in [0.29, 0.717) is 19.7 Å². The largest absolute Gasteiger partial charge is 0.465 e. The smallest absolute Gasteiger partial charge is 0.330 e. The van der Waals surface area contributed by atoms with Crippen LogP contribution in [-0.2, 0) is 22.6 Å². The number of nitrogens with zero attached hydrogens (tertiary/aromatic N) is 2. The van der Waals surface area contributed by atoms with E-state index < -0.39 is 0 Å². The average Bonchev–Trinajstić information content (AvgIpc) is 2.48. The van der Waals surface area contributed by atoms with E-state index in [2.05, 4.69) is 0 Å². The van der Waals surface area contributed by atoms with Gasteiger partial charge in [0.2, 0.25) is 0 Å². The van der Waals surface area contributed by atoms with E-state index in [0.717, 1.165) is 25.7 Å². The molecule has 0 bridgehead atoms. The summed E-state index contributed by atoms with van der Waals surface area (Å²) in [5, 5.41) is 0. The van der Waals surface area contributed by atoms with Gasteiger partial charge in [-0.15, -0.1) is 0 Å². The van der Waals surface area contributed by atoms with E-state index in [4.69, 9.17) is 4.74 Å². The lowest BCUT2D eigenvalue weighted by molar-refractivity contribution is -0.147. The van der Waals surface area contributed by atoms with E-state index in [-0.39, 0.29) is 23.1 Å². The molecule has 22 heavy (non-hydrogen) atoms. The summed E-state index contributed by atoms with van der Waals surface area (Å²) < 4.78 is 7.90. The summed E-state index contributed by atoms with van der Waals surface area (Å²) in [5.41, 5.74) is -0.503. The highest BCUT2D eigenvalue weighted by Gasteiger charge is 2.07. The third-order valence-electron chi connectivity index (χ3n) is 3.46. The van der Waals surface area contributed by atoms with Crippen LogP contribution in [0.15, 0.2) is 21.9 Å². The van der Waals surface area contributed by atoms with E-state index >= 15 is 0 Å². The number of carbonyl (C=O) groups is 1. The van der Waals surface area contributed by atoms with Crippen LogP contribution in [0.4, 0.5) is 0 Å². The number of rotatable bonds is 9. The Hall–Kier alpha value is -1.85. The molecule has 6 heteroatoms. The molecule has 0 saturated heterocycles. The molecule has 0 unspecified atom stereocenters. The van der Waals surface area contributed by atoms with Gasteiger partial charge in [-0.2, -0.15) is 0 Å². The molecule has 0 aliphatic carbocycles. The fourth-order valence-corrected chi connectivity index (χ4v) is 2.10. The molecule has 0 aliphatic heterocycles. The average molecular weight is 310 g/mol. The lowest BCUT2D eigenvalue weighted by Gasteiger charge is -2.09. The maximum absolute atomic E-state index is 12.0. The Morgan fingerprint density at radius 2 is 1.86 bits per heavy atom. The third kappa shape index (κ3) is 5.50. The van der Waals surface area contributed by atoms with Crippen LogP contribution >= 0.6 is 0 Å².